The molecule has 1 heterocycles. The van der Waals surface area contributed by atoms with Gasteiger partial charge in [0, 0.05) is 0 Å². The van der Waals surface area contributed by atoms with Crippen molar-refractivity contribution in [2.75, 3.05) is 13.1 Å². The first kappa shape index (κ1) is 15.3. The molecule has 2 rings (SSSR count). The molecule has 0 bridgehead atoms. The lowest BCUT2D eigenvalue weighted by molar-refractivity contribution is -0.140. The number of carboxylic acids is 1. The van der Waals surface area contributed by atoms with Gasteiger partial charge in [-0.1, -0.05) is 19.3 Å². The monoisotopic (exact) mass is 297 g/mol. The van der Waals surface area contributed by atoms with E-state index in [1.807, 2.05) is 0 Å². The van der Waals surface area contributed by atoms with E-state index in [1.54, 1.807) is 0 Å². The van der Waals surface area contributed by atoms with Crippen LogP contribution in [0.5, 0.6) is 0 Å². The summed E-state index contributed by atoms with van der Waals surface area (Å²) >= 11 is 0. The number of amides is 4. The summed E-state index contributed by atoms with van der Waals surface area (Å²) in [5, 5.41) is 14.1. The normalized spacial score (nSPS) is 21.0. The van der Waals surface area contributed by atoms with Gasteiger partial charge in [0.05, 0.1) is 18.5 Å². The van der Waals surface area contributed by atoms with Crippen molar-refractivity contribution in [2.45, 2.75) is 44.1 Å². The second-order valence-corrected chi connectivity index (χ2v) is 5.60. The van der Waals surface area contributed by atoms with E-state index < -0.39 is 29.4 Å². The van der Waals surface area contributed by atoms with Crippen molar-refractivity contribution in [1.29, 1.82) is 0 Å². The molecule has 3 N–H and O–H groups in total. The topological polar surface area (TPSA) is 116 Å². The number of carbonyl (C=O) groups excluding carboxylic acids is 3. The average molecular weight is 297 g/mol. The Labute approximate surface area is 121 Å². The summed E-state index contributed by atoms with van der Waals surface area (Å²) in [6.45, 7) is -0.474. The zero-order valence-corrected chi connectivity index (χ0v) is 11.7. The molecule has 1 saturated carbocycles. The fraction of sp³-hybridized carbons (Fsp3) is 0.692. The van der Waals surface area contributed by atoms with Crippen molar-refractivity contribution in [3.63, 3.8) is 0 Å². The SMILES string of the molecule is O=C(O)CC1(NC(=O)CN2C(=O)CNC2=O)CCCCC1. The van der Waals surface area contributed by atoms with Crippen LogP contribution in [0.3, 0.4) is 0 Å². The van der Waals surface area contributed by atoms with Gasteiger partial charge in [0.15, 0.2) is 0 Å². The molecular weight excluding hydrogens is 278 g/mol. The van der Waals surface area contributed by atoms with E-state index in [-0.39, 0.29) is 19.5 Å². The quantitative estimate of drug-likeness (QED) is 0.609. The van der Waals surface area contributed by atoms with E-state index in [0.717, 1.165) is 24.2 Å². The third-order valence-electron chi connectivity index (χ3n) is 3.94. The first-order valence-corrected chi connectivity index (χ1v) is 7.03. The molecule has 0 radical (unpaired) electrons. The van der Waals surface area contributed by atoms with E-state index in [0.29, 0.717) is 12.8 Å². The third-order valence-corrected chi connectivity index (χ3v) is 3.94. The molecule has 0 aromatic heterocycles. The van der Waals surface area contributed by atoms with Crippen molar-refractivity contribution in [3.8, 4) is 0 Å². The molecule has 116 valence electrons. The van der Waals surface area contributed by atoms with Crippen molar-refractivity contribution >= 4 is 23.8 Å². The summed E-state index contributed by atoms with van der Waals surface area (Å²) in [7, 11) is 0. The number of imide groups is 1. The molecule has 2 fully saturated rings. The Morgan fingerprint density at radius 1 is 1.24 bits per heavy atom. The van der Waals surface area contributed by atoms with Gasteiger partial charge < -0.3 is 15.7 Å². The number of carboxylic acid groups (broad SMARTS) is 1. The second-order valence-electron chi connectivity index (χ2n) is 5.60. The minimum absolute atomic E-state index is 0.105. The maximum absolute atomic E-state index is 12.1. The Kier molecular flexibility index (Phi) is 4.44. The lowest BCUT2D eigenvalue weighted by Gasteiger charge is -2.37. The fourth-order valence-electron chi connectivity index (χ4n) is 2.96. The molecule has 4 amide bonds. The second kappa shape index (κ2) is 6.11. The van der Waals surface area contributed by atoms with E-state index in [4.69, 9.17) is 5.11 Å². The summed E-state index contributed by atoms with van der Waals surface area (Å²) < 4.78 is 0. The lowest BCUT2D eigenvalue weighted by Crippen LogP contribution is -2.54. The van der Waals surface area contributed by atoms with Crippen LogP contribution in [0, 0.1) is 0 Å². The van der Waals surface area contributed by atoms with Crippen molar-refractivity contribution in [2.24, 2.45) is 0 Å². The summed E-state index contributed by atoms with van der Waals surface area (Å²) in [5.74, 6) is -1.91. The highest BCUT2D eigenvalue weighted by molar-refractivity contribution is 6.04. The zero-order chi connectivity index (χ0) is 15.5. The maximum Gasteiger partial charge on any atom is 0.325 e. The van der Waals surface area contributed by atoms with Gasteiger partial charge in [-0.3, -0.25) is 19.3 Å². The van der Waals surface area contributed by atoms with Gasteiger partial charge in [-0.05, 0) is 12.8 Å². The molecule has 1 saturated heterocycles. The standard InChI is InChI=1S/C13H19N3O5/c17-9(8-16-10(18)7-14-12(16)21)15-13(6-11(19)20)4-2-1-3-5-13/h1-8H2,(H,14,21)(H,15,17)(H,19,20). The third kappa shape index (κ3) is 3.71. The average Bonchev–Trinajstić information content (AvgIpc) is 2.70. The van der Waals surface area contributed by atoms with Crippen LogP contribution in [-0.4, -0.2) is 52.4 Å². The highest BCUT2D eigenvalue weighted by Crippen LogP contribution is 2.31. The smallest absolute Gasteiger partial charge is 0.325 e. The molecule has 1 aliphatic carbocycles. The number of carbonyl (C=O) groups is 4. The summed E-state index contributed by atoms with van der Waals surface area (Å²) in [4.78, 5) is 46.8. The first-order valence-electron chi connectivity index (χ1n) is 7.03. The Morgan fingerprint density at radius 3 is 2.43 bits per heavy atom. The Bertz CT molecular complexity index is 454. The molecule has 0 spiro atoms. The minimum Gasteiger partial charge on any atom is -0.481 e. The Balaban J connectivity index is 1.99. The zero-order valence-electron chi connectivity index (χ0n) is 11.7. The molecule has 0 atom stereocenters. The Hall–Kier alpha value is -2.12. The molecule has 0 aromatic carbocycles. The van der Waals surface area contributed by atoms with Gasteiger partial charge in [0.1, 0.15) is 6.54 Å². The van der Waals surface area contributed by atoms with Gasteiger partial charge in [-0.25, -0.2) is 4.79 Å². The first-order chi connectivity index (χ1) is 9.92. The van der Waals surface area contributed by atoms with Crippen molar-refractivity contribution in [1.82, 2.24) is 15.5 Å². The summed E-state index contributed by atoms with van der Waals surface area (Å²) in [5.41, 5.74) is -0.763. The van der Waals surface area contributed by atoms with E-state index in [1.165, 1.54) is 0 Å². The van der Waals surface area contributed by atoms with Gasteiger partial charge in [-0.15, -0.1) is 0 Å². The van der Waals surface area contributed by atoms with Crippen LogP contribution in [0.4, 0.5) is 4.79 Å². The molecule has 0 aromatic rings. The van der Waals surface area contributed by atoms with Crippen LogP contribution in [0.1, 0.15) is 38.5 Å². The number of urea groups is 1. The van der Waals surface area contributed by atoms with Crippen LogP contribution in [0.25, 0.3) is 0 Å². The molecule has 0 unspecified atom stereocenters. The molecule has 8 heteroatoms. The molecular formula is C13H19N3O5. The molecule has 2 aliphatic rings. The summed E-state index contributed by atoms with van der Waals surface area (Å²) in [6.07, 6.45) is 3.80. The molecule has 21 heavy (non-hydrogen) atoms. The van der Waals surface area contributed by atoms with Crippen LogP contribution in [-0.2, 0) is 14.4 Å². The number of nitrogens with one attached hydrogen (secondary N) is 2. The highest BCUT2D eigenvalue weighted by Gasteiger charge is 2.37. The van der Waals surface area contributed by atoms with Gasteiger partial charge in [-0.2, -0.15) is 0 Å². The van der Waals surface area contributed by atoms with E-state index >= 15 is 0 Å². The molecule has 1 aliphatic heterocycles. The van der Waals surface area contributed by atoms with Gasteiger partial charge in [0.25, 0.3) is 5.91 Å². The number of hydrogen-bond acceptors (Lipinski definition) is 4. The van der Waals surface area contributed by atoms with Crippen LogP contribution in [0.15, 0.2) is 0 Å². The van der Waals surface area contributed by atoms with Gasteiger partial charge in [0.2, 0.25) is 5.91 Å². The molecule has 8 nitrogen and oxygen atoms in total. The van der Waals surface area contributed by atoms with Crippen LogP contribution >= 0.6 is 0 Å². The van der Waals surface area contributed by atoms with Crippen LogP contribution in [0.2, 0.25) is 0 Å². The van der Waals surface area contributed by atoms with E-state index in [9.17, 15) is 19.2 Å². The number of hydrogen-bond donors (Lipinski definition) is 3. The highest BCUT2D eigenvalue weighted by atomic mass is 16.4. The van der Waals surface area contributed by atoms with Crippen molar-refractivity contribution in [3.05, 3.63) is 0 Å². The predicted octanol–water partition coefficient (Wildman–Crippen LogP) is -0.168. The number of aliphatic carboxylic acids is 1. The Morgan fingerprint density at radius 2 is 1.90 bits per heavy atom. The van der Waals surface area contributed by atoms with Crippen molar-refractivity contribution < 1.29 is 24.3 Å². The largest absolute Gasteiger partial charge is 0.481 e. The predicted molar refractivity (Wildman–Crippen MR) is 71.3 cm³/mol. The van der Waals surface area contributed by atoms with E-state index in [2.05, 4.69) is 10.6 Å². The maximum atomic E-state index is 12.1. The number of nitrogens with zero attached hydrogens (tertiary/aromatic N) is 1. The van der Waals surface area contributed by atoms with Crippen LogP contribution < -0.4 is 10.6 Å². The minimum atomic E-state index is -0.966. The number of rotatable bonds is 5. The van der Waals surface area contributed by atoms with Gasteiger partial charge >= 0.3 is 12.0 Å². The summed E-state index contributed by atoms with van der Waals surface area (Å²) in [6, 6.07) is -0.592. The fourth-order valence-corrected chi connectivity index (χ4v) is 2.96. The lowest BCUT2D eigenvalue weighted by atomic mass is 9.79.